The van der Waals surface area contributed by atoms with Gasteiger partial charge in [-0.05, 0) is 19.1 Å². The van der Waals surface area contributed by atoms with Gasteiger partial charge in [-0.15, -0.1) is 0 Å². The Bertz CT molecular complexity index is 290. The van der Waals surface area contributed by atoms with E-state index in [9.17, 15) is 0 Å². The molecule has 0 amide bonds. The lowest BCUT2D eigenvalue weighted by Crippen LogP contribution is -2.51. The number of benzene rings is 1. The van der Waals surface area contributed by atoms with Crippen LogP contribution in [0.1, 0.15) is 5.56 Å². The van der Waals surface area contributed by atoms with Crippen LogP contribution in [0.4, 0.5) is 5.69 Å². The lowest BCUT2D eigenvalue weighted by molar-refractivity contribution is 0.132. The van der Waals surface area contributed by atoms with E-state index in [-0.39, 0.29) is 0 Å². The Hall–Kier alpha value is -0.883. The van der Waals surface area contributed by atoms with Gasteiger partial charge >= 0.3 is 8.97 Å². The molecule has 15 heavy (non-hydrogen) atoms. The van der Waals surface area contributed by atoms with Crippen molar-refractivity contribution in [3.8, 4) is 0 Å². The summed E-state index contributed by atoms with van der Waals surface area (Å²) in [7, 11) is 1.98. The monoisotopic (exact) mass is 227 g/mol. The molecule has 4 nitrogen and oxygen atoms in total. The van der Waals surface area contributed by atoms with Crippen LogP contribution in [-0.2, 0) is 13.3 Å². The summed E-state index contributed by atoms with van der Waals surface area (Å²) >= 11 is 0. The molecule has 84 valence electrons. The van der Waals surface area contributed by atoms with Crippen molar-refractivity contribution in [3.63, 3.8) is 0 Å². The predicted molar refractivity (Wildman–Crippen MR) is 61.6 cm³/mol. The summed E-state index contributed by atoms with van der Waals surface area (Å²) in [4.78, 5) is 3.14. The van der Waals surface area contributed by atoms with Gasteiger partial charge in [0, 0.05) is 27.0 Å². The molecule has 0 atom stereocenters. The number of hydrogen-bond donors (Lipinski definition) is 1. The third-order valence-corrected chi connectivity index (χ3v) is 4.36. The molecular weight excluding hydrogens is 210 g/mol. The highest BCUT2D eigenvalue weighted by Gasteiger charge is 2.39. The van der Waals surface area contributed by atoms with Gasteiger partial charge in [0.15, 0.2) is 0 Å². The van der Waals surface area contributed by atoms with Gasteiger partial charge in [-0.25, -0.2) is 0 Å². The minimum atomic E-state index is -2.73. The van der Waals surface area contributed by atoms with Gasteiger partial charge in [0.1, 0.15) is 0 Å². The zero-order valence-corrected chi connectivity index (χ0v) is 10.5. The topological polar surface area (TPSA) is 39.7 Å². The normalized spacial score (nSPS) is 11.5. The van der Waals surface area contributed by atoms with Crippen molar-refractivity contribution in [1.29, 1.82) is 0 Å². The van der Waals surface area contributed by atoms with E-state index in [2.05, 4.69) is 4.98 Å². The van der Waals surface area contributed by atoms with Crippen molar-refractivity contribution in [2.45, 2.75) is 6.92 Å². The summed E-state index contributed by atoms with van der Waals surface area (Å²) in [6, 6.07) is 7.97. The van der Waals surface area contributed by atoms with Crippen LogP contribution in [-0.4, -0.2) is 30.3 Å². The maximum atomic E-state index is 5.25. The molecule has 0 aliphatic rings. The quantitative estimate of drug-likeness (QED) is 0.778. The molecule has 1 rings (SSSR count). The third kappa shape index (κ3) is 3.03. The average molecular weight is 227 g/mol. The fraction of sp³-hybridized carbons (Fsp3) is 0.400. The Balaban J connectivity index is 2.78. The van der Waals surface area contributed by atoms with Crippen molar-refractivity contribution < 1.29 is 13.3 Å². The molecule has 1 aromatic rings. The number of aryl methyl sites for hydroxylation is 1. The van der Waals surface area contributed by atoms with Gasteiger partial charge in [-0.2, -0.15) is 0 Å². The summed E-state index contributed by atoms with van der Waals surface area (Å²) in [6.45, 7) is 2.04. The van der Waals surface area contributed by atoms with Gasteiger partial charge in [-0.3, -0.25) is 0 Å². The van der Waals surface area contributed by atoms with Crippen LogP contribution in [0.2, 0.25) is 0 Å². The van der Waals surface area contributed by atoms with Crippen molar-refractivity contribution in [2.75, 3.05) is 26.3 Å². The molecule has 0 spiro atoms. The van der Waals surface area contributed by atoms with Gasteiger partial charge < -0.3 is 18.3 Å². The molecule has 0 saturated heterocycles. The molecule has 0 unspecified atom stereocenters. The van der Waals surface area contributed by atoms with E-state index in [0.29, 0.717) is 0 Å². The molecule has 0 heterocycles. The highest BCUT2D eigenvalue weighted by molar-refractivity contribution is 6.64. The van der Waals surface area contributed by atoms with Gasteiger partial charge in [-0.1, -0.05) is 17.7 Å². The molecule has 0 bridgehead atoms. The smallest absolute Gasteiger partial charge is 0.360 e. The molecule has 0 saturated carbocycles. The first kappa shape index (κ1) is 12.2. The standard InChI is InChI=1S/C10H17NO3Si/c1-9-5-7-10(8-6-9)11-15(12-2,13-3)14-4/h5-8,11H,1-4H3. The zero-order valence-electron chi connectivity index (χ0n) is 9.53. The Kier molecular flexibility index (Phi) is 4.28. The Labute approximate surface area is 91.6 Å². The molecule has 1 aromatic carbocycles. The molecule has 0 aliphatic heterocycles. The predicted octanol–water partition coefficient (Wildman–Crippen LogP) is 1.78. The summed E-state index contributed by atoms with van der Waals surface area (Å²) in [5.41, 5.74) is 2.14. The van der Waals surface area contributed by atoms with Crippen molar-refractivity contribution in [2.24, 2.45) is 0 Å². The Morgan fingerprint density at radius 1 is 0.933 bits per heavy atom. The van der Waals surface area contributed by atoms with Crippen LogP contribution in [0.25, 0.3) is 0 Å². The molecule has 1 N–H and O–H groups in total. The van der Waals surface area contributed by atoms with Crippen LogP contribution in [0.5, 0.6) is 0 Å². The molecular formula is C10H17NO3Si. The highest BCUT2D eigenvalue weighted by atomic mass is 28.4. The SMILES string of the molecule is CO[Si](Nc1ccc(C)cc1)(OC)OC. The van der Waals surface area contributed by atoms with Crippen LogP contribution in [0.15, 0.2) is 24.3 Å². The van der Waals surface area contributed by atoms with Gasteiger partial charge in [0.25, 0.3) is 0 Å². The van der Waals surface area contributed by atoms with E-state index in [0.717, 1.165) is 5.69 Å². The first-order valence-corrected chi connectivity index (χ1v) is 6.38. The molecule has 0 aromatic heterocycles. The highest BCUT2D eigenvalue weighted by Crippen LogP contribution is 2.14. The third-order valence-electron chi connectivity index (χ3n) is 2.16. The molecule has 0 radical (unpaired) electrons. The Morgan fingerprint density at radius 2 is 1.40 bits per heavy atom. The lowest BCUT2D eigenvalue weighted by Gasteiger charge is -2.25. The number of hydrogen-bond acceptors (Lipinski definition) is 4. The van der Waals surface area contributed by atoms with E-state index < -0.39 is 8.97 Å². The van der Waals surface area contributed by atoms with Gasteiger partial charge in [0.05, 0.1) is 0 Å². The fourth-order valence-electron chi connectivity index (χ4n) is 1.22. The molecule has 0 fully saturated rings. The van der Waals surface area contributed by atoms with Crippen molar-refractivity contribution in [3.05, 3.63) is 29.8 Å². The van der Waals surface area contributed by atoms with Crippen molar-refractivity contribution in [1.82, 2.24) is 0 Å². The van der Waals surface area contributed by atoms with E-state index in [1.807, 2.05) is 31.2 Å². The maximum Gasteiger partial charge on any atom is 0.630 e. The molecule has 5 heteroatoms. The largest absolute Gasteiger partial charge is 0.630 e. The number of rotatable bonds is 5. The second kappa shape index (κ2) is 5.27. The maximum absolute atomic E-state index is 5.25. The lowest BCUT2D eigenvalue weighted by atomic mass is 10.2. The summed E-state index contributed by atoms with van der Waals surface area (Å²) < 4.78 is 15.8. The van der Waals surface area contributed by atoms with E-state index in [1.165, 1.54) is 5.56 Å². The van der Waals surface area contributed by atoms with E-state index >= 15 is 0 Å². The molecule has 0 aliphatic carbocycles. The average Bonchev–Trinajstić information content (AvgIpc) is 2.29. The van der Waals surface area contributed by atoms with Crippen LogP contribution >= 0.6 is 0 Å². The first-order valence-electron chi connectivity index (χ1n) is 4.66. The zero-order chi connectivity index (χ0) is 11.3. The van der Waals surface area contributed by atoms with Gasteiger partial charge in [0.2, 0.25) is 0 Å². The summed E-state index contributed by atoms with van der Waals surface area (Å²) in [6.07, 6.45) is 0. The summed E-state index contributed by atoms with van der Waals surface area (Å²) in [5.74, 6) is 0. The number of anilines is 1. The summed E-state index contributed by atoms with van der Waals surface area (Å²) in [5, 5.41) is 0. The second-order valence-corrected chi connectivity index (χ2v) is 5.75. The van der Waals surface area contributed by atoms with Crippen LogP contribution < -0.4 is 4.98 Å². The second-order valence-electron chi connectivity index (χ2n) is 3.16. The minimum Gasteiger partial charge on any atom is -0.360 e. The minimum absolute atomic E-state index is 0.929. The first-order chi connectivity index (χ1) is 7.15. The van der Waals surface area contributed by atoms with E-state index in [1.54, 1.807) is 21.3 Å². The Morgan fingerprint density at radius 3 is 1.80 bits per heavy atom. The van der Waals surface area contributed by atoms with Crippen LogP contribution in [0.3, 0.4) is 0 Å². The van der Waals surface area contributed by atoms with E-state index in [4.69, 9.17) is 13.3 Å². The number of nitrogens with one attached hydrogen (secondary N) is 1. The fourth-order valence-corrected chi connectivity index (χ4v) is 2.54. The van der Waals surface area contributed by atoms with Crippen LogP contribution in [0, 0.1) is 6.92 Å². The van der Waals surface area contributed by atoms with Crippen molar-refractivity contribution >= 4 is 14.7 Å².